The van der Waals surface area contributed by atoms with Crippen LogP contribution in [0.5, 0.6) is 0 Å². The van der Waals surface area contributed by atoms with Crippen LogP contribution < -0.4 is 0 Å². The van der Waals surface area contributed by atoms with Gasteiger partial charge in [0.1, 0.15) is 0 Å². The summed E-state index contributed by atoms with van der Waals surface area (Å²) in [7, 11) is 0. The predicted octanol–water partition coefficient (Wildman–Crippen LogP) is 2.37. The molecular formula is C10H13IN2O. The van der Waals surface area contributed by atoms with Gasteiger partial charge in [-0.25, -0.2) is 0 Å². The largest absolute Gasteiger partial charge is 0.370 e. The summed E-state index contributed by atoms with van der Waals surface area (Å²) in [4.78, 5) is 0. The van der Waals surface area contributed by atoms with E-state index in [-0.39, 0.29) is 0 Å². The van der Waals surface area contributed by atoms with Crippen molar-refractivity contribution < 1.29 is 4.74 Å². The number of nitrogens with zero attached hydrogens (tertiary/aromatic N) is 2. The van der Waals surface area contributed by atoms with E-state index in [0.717, 1.165) is 6.61 Å². The molecule has 0 N–H and O–H groups in total. The number of ether oxygens (including phenoxy) is 1. The summed E-state index contributed by atoms with van der Waals surface area (Å²) in [5.74, 6) is 0. The highest BCUT2D eigenvalue weighted by Gasteiger charge is 2.47. The van der Waals surface area contributed by atoms with Crippen molar-refractivity contribution in [3.8, 4) is 0 Å². The van der Waals surface area contributed by atoms with Crippen LogP contribution in [0.25, 0.3) is 0 Å². The van der Waals surface area contributed by atoms with E-state index in [1.54, 1.807) is 0 Å². The van der Waals surface area contributed by atoms with Crippen molar-refractivity contribution in [2.45, 2.75) is 37.3 Å². The Balaban J connectivity index is 1.70. The van der Waals surface area contributed by atoms with Crippen LogP contribution in [0.1, 0.15) is 31.7 Å². The van der Waals surface area contributed by atoms with Crippen molar-refractivity contribution in [3.63, 3.8) is 0 Å². The summed E-state index contributed by atoms with van der Waals surface area (Å²) in [6, 6.07) is 0.605. The van der Waals surface area contributed by atoms with Gasteiger partial charge in [0.05, 0.1) is 28.0 Å². The second-order valence-electron chi connectivity index (χ2n) is 4.34. The SMILES string of the molecule is Ic1cnn([C@H]2CC[C@@]3(CC2)CO3)c1. The molecule has 0 amide bonds. The third-order valence-corrected chi connectivity index (χ3v) is 3.92. The minimum Gasteiger partial charge on any atom is -0.370 e. The fourth-order valence-electron chi connectivity index (χ4n) is 2.30. The Morgan fingerprint density at radius 1 is 1.50 bits per heavy atom. The molecule has 1 aliphatic heterocycles. The first kappa shape index (κ1) is 9.15. The Morgan fingerprint density at radius 3 is 2.71 bits per heavy atom. The lowest BCUT2D eigenvalue weighted by Crippen LogP contribution is -2.23. The van der Waals surface area contributed by atoms with Gasteiger partial charge in [-0.1, -0.05) is 0 Å². The van der Waals surface area contributed by atoms with Crippen molar-refractivity contribution in [1.29, 1.82) is 0 Å². The first-order chi connectivity index (χ1) is 6.77. The van der Waals surface area contributed by atoms with Gasteiger partial charge in [-0.15, -0.1) is 0 Å². The average Bonchev–Trinajstić information content (AvgIpc) is 2.80. The molecule has 3 rings (SSSR count). The van der Waals surface area contributed by atoms with E-state index in [1.165, 1.54) is 29.3 Å². The van der Waals surface area contributed by atoms with Crippen LogP contribution >= 0.6 is 22.6 Å². The molecule has 1 aromatic heterocycles. The smallest absolute Gasteiger partial charge is 0.0918 e. The molecule has 76 valence electrons. The maximum absolute atomic E-state index is 5.50. The first-order valence-electron chi connectivity index (χ1n) is 5.11. The number of aromatic nitrogens is 2. The van der Waals surface area contributed by atoms with Crippen LogP contribution in [0.2, 0.25) is 0 Å². The summed E-state index contributed by atoms with van der Waals surface area (Å²) in [6.45, 7) is 0.996. The molecule has 0 atom stereocenters. The lowest BCUT2D eigenvalue weighted by atomic mass is 9.86. The summed E-state index contributed by atoms with van der Waals surface area (Å²) in [5, 5.41) is 4.38. The van der Waals surface area contributed by atoms with Gasteiger partial charge in [0.2, 0.25) is 0 Å². The topological polar surface area (TPSA) is 30.4 Å². The highest BCUT2D eigenvalue weighted by Crippen LogP contribution is 2.44. The summed E-state index contributed by atoms with van der Waals surface area (Å²) < 4.78 is 8.84. The van der Waals surface area contributed by atoms with Crippen LogP contribution in [-0.2, 0) is 4.74 Å². The van der Waals surface area contributed by atoms with Crippen LogP contribution in [-0.4, -0.2) is 22.0 Å². The first-order valence-corrected chi connectivity index (χ1v) is 6.19. The number of hydrogen-bond acceptors (Lipinski definition) is 2. The van der Waals surface area contributed by atoms with E-state index in [1.807, 2.05) is 6.20 Å². The van der Waals surface area contributed by atoms with Crippen molar-refractivity contribution in [2.24, 2.45) is 0 Å². The summed E-state index contributed by atoms with van der Waals surface area (Å²) in [6.07, 6.45) is 8.94. The Bertz CT molecular complexity index is 336. The lowest BCUT2D eigenvalue weighted by Gasteiger charge is -2.26. The molecule has 1 spiro atoms. The number of hydrogen-bond donors (Lipinski definition) is 0. The van der Waals surface area contributed by atoms with Gasteiger partial charge in [0.15, 0.2) is 0 Å². The van der Waals surface area contributed by atoms with E-state index in [0.29, 0.717) is 11.6 Å². The Morgan fingerprint density at radius 2 is 2.21 bits per heavy atom. The molecule has 4 heteroatoms. The van der Waals surface area contributed by atoms with E-state index in [9.17, 15) is 0 Å². The molecule has 0 radical (unpaired) electrons. The van der Waals surface area contributed by atoms with E-state index in [2.05, 4.69) is 38.6 Å². The van der Waals surface area contributed by atoms with Crippen molar-refractivity contribution >= 4 is 22.6 Å². The molecule has 0 aromatic carbocycles. The molecule has 0 bridgehead atoms. The lowest BCUT2D eigenvalue weighted by molar-refractivity contribution is 0.194. The minimum atomic E-state index is 0.302. The fraction of sp³-hybridized carbons (Fsp3) is 0.700. The van der Waals surface area contributed by atoms with Crippen LogP contribution in [0.15, 0.2) is 12.4 Å². The van der Waals surface area contributed by atoms with Crippen LogP contribution in [0.4, 0.5) is 0 Å². The molecule has 1 saturated carbocycles. The van der Waals surface area contributed by atoms with Gasteiger partial charge >= 0.3 is 0 Å². The zero-order chi connectivity index (χ0) is 9.60. The predicted molar refractivity (Wildman–Crippen MR) is 61.1 cm³/mol. The maximum Gasteiger partial charge on any atom is 0.0918 e. The Kier molecular flexibility index (Phi) is 2.09. The molecule has 0 unspecified atom stereocenters. The van der Waals surface area contributed by atoms with E-state index >= 15 is 0 Å². The van der Waals surface area contributed by atoms with Crippen LogP contribution in [0.3, 0.4) is 0 Å². The molecule has 3 nitrogen and oxygen atoms in total. The molecule has 14 heavy (non-hydrogen) atoms. The van der Waals surface area contributed by atoms with E-state index in [4.69, 9.17) is 4.74 Å². The second kappa shape index (κ2) is 3.20. The monoisotopic (exact) mass is 304 g/mol. The highest BCUT2D eigenvalue weighted by molar-refractivity contribution is 14.1. The van der Waals surface area contributed by atoms with Gasteiger partial charge in [-0.2, -0.15) is 5.10 Å². The third kappa shape index (κ3) is 1.58. The Hall–Kier alpha value is -0.100. The fourth-order valence-corrected chi connectivity index (χ4v) is 2.71. The molecule has 2 heterocycles. The molecule has 2 fully saturated rings. The summed E-state index contributed by atoms with van der Waals surface area (Å²) in [5.41, 5.74) is 0.302. The van der Waals surface area contributed by atoms with Gasteiger partial charge in [-0.05, 0) is 48.3 Å². The molecule has 1 aliphatic carbocycles. The van der Waals surface area contributed by atoms with Gasteiger partial charge in [-0.3, -0.25) is 4.68 Å². The van der Waals surface area contributed by atoms with Crippen molar-refractivity contribution in [2.75, 3.05) is 6.61 Å². The third-order valence-electron chi connectivity index (χ3n) is 3.36. The number of epoxide rings is 1. The molecule has 1 aromatic rings. The van der Waals surface area contributed by atoms with Crippen molar-refractivity contribution in [3.05, 3.63) is 16.0 Å². The van der Waals surface area contributed by atoms with Crippen LogP contribution in [0, 0.1) is 3.57 Å². The quantitative estimate of drug-likeness (QED) is 0.589. The molecular weight excluding hydrogens is 291 g/mol. The maximum atomic E-state index is 5.50. The molecule has 2 aliphatic rings. The minimum absolute atomic E-state index is 0.302. The highest BCUT2D eigenvalue weighted by atomic mass is 127. The normalized spacial score (nSPS) is 36.2. The number of rotatable bonds is 1. The van der Waals surface area contributed by atoms with Gasteiger partial charge in [0, 0.05) is 6.20 Å². The van der Waals surface area contributed by atoms with Gasteiger partial charge < -0.3 is 4.74 Å². The Labute approximate surface area is 97.0 Å². The second-order valence-corrected chi connectivity index (χ2v) is 5.59. The zero-order valence-electron chi connectivity index (χ0n) is 7.95. The van der Waals surface area contributed by atoms with E-state index < -0.39 is 0 Å². The average molecular weight is 304 g/mol. The molecule has 1 saturated heterocycles. The summed E-state index contributed by atoms with van der Waals surface area (Å²) >= 11 is 2.31. The van der Waals surface area contributed by atoms with Crippen molar-refractivity contribution in [1.82, 2.24) is 9.78 Å². The standard InChI is InChI=1S/C10H13IN2O/c11-8-5-12-13(6-8)9-1-3-10(4-2-9)7-14-10/h5-6,9H,1-4,7H2/t9-,10+. The zero-order valence-corrected chi connectivity index (χ0v) is 10.1. The van der Waals surface area contributed by atoms with Gasteiger partial charge in [0.25, 0.3) is 0 Å². The number of halogens is 1.